The van der Waals surface area contributed by atoms with Crippen LogP contribution in [0.3, 0.4) is 0 Å². The molecule has 23 heavy (non-hydrogen) atoms. The quantitative estimate of drug-likeness (QED) is 0.283. The smallest absolute Gasteiger partial charge is 0.137 e. The van der Waals surface area contributed by atoms with Crippen molar-refractivity contribution in [3.8, 4) is 0 Å². The van der Waals surface area contributed by atoms with Crippen molar-refractivity contribution in [2.75, 3.05) is 0 Å². The van der Waals surface area contributed by atoms with Gasteiger partial charge in [-0.3, -0.25) is 0 Å². The topological polar surface area (TPSA) is 0 Å². The molecule has 16 radical (unpaired) electrons. The number of hydrogen-bond donors (Lipinski definition) is 0. The Balaban J connectivity index is 2.73. The lowest BCUT2D eigenvalue weighted by atomic mass is 9.62. The molecule has 9 heteroatoms. The van der Waals surface area contributed by atoms with E-state index in [-0.39, 0.29) is 65.2 Å². The third-order valence-corrected chi connectivity index (χ3v) is 4.13. The van der Waals surface area contributed by atoms with E-state index in [1.165, 1.54) is 6.07 Å². The minimum absolute atomic E-state index is 0.00297. The molecule has 0 aromatic heterocycles. The molecule has 0 amide bonds. The Bertz CT molecular complexity index is 934. The van der Waals surface area contributed by atoms with Crippen LogP contribution in [-0.4, -0.2) is 62.8 Å². The number of halogens is 1. The molecule has 0 saturated heterocycles. The first-order valence-electron chi connectivity index (χ1n) is 6.58. The molecule has 3 aromatic carbocycles. The molecular formula is C14HB8F. The van der Waals surface area contributed by atoms with E-state index in [2.05, 4.69) is 0 Å². The third-order valence-electron chi connectivity index (χ3n) is 4.13. The molecule has 0 heterocycles. The molecule has 0 unspecified atom stereocenters. The van der Waals surface area contributed by atoms with Gasteiger partial charge in [-0.2, -0.15) is 0 Å². The average Bonchev–Trinajstić information content (AvgIpc) is 2.53. The van der Waals surface area contributed by atoms with E-state index in [0.717, 1.165) is 0 Å². The number of rotatable bonds is 0. The summed E-state index contributed by atoms with van der Waals surface area (Å²) < 4.78 is 15.1. The van der Waals surface area contributed by atoms with E-state index in [9.17, 15) is 0 Å². The summed E-state index contributed by atoms with van der Waals surface area (Å²) in [6, 6.07) is 1.52. The Morgan fingerprint density at radius 3 is 1.13 bits per heavy atom. The van der Waals surface area contributed by atoms with Gasteiger partial charge >= 0.3 is 0 Å². The first-order chi connectivity index (χ1) is 10.7. The molecule has 0 N–H and O–H groups in total. The maximum atomic E-state index is 15.1. The van der Waals surface area contributed by atoms with Crippen LogP contribution in [0.2, 0.25) is 0 Å². The lowest BCUT2D eigenvalue weighted by molar-refractivity contribution is 0.652. The van der Waals surface area contributed by atoms with Gasteiger partial charge in [0.25, 0.3) is 0 Å². The van der Waals surface area contributed by atoms with Gasteiger partial charge in [0, 0.05) is 10.8 Å². The maximum absolute atomic E-state index is 15.1. The van der Waals surface area contributed by atoms with Crippen molar-refractivity contribution in [1.82, 2.24) is 0 Å². The van der Waals surface area contributed by atoms with Gasteiger partial charge in [-0.05, 0) is 16.8 Å². The highest BCUT2D eigenvalue weighted by Crippen LogP contribution is 2.21. The zero-order valence-electron chi connectivity index (χ0n) is 12.1. The van der Waals surface area contributed by atoms with Crippen molar-refractivity contribution in [2.24, 2.45) is 0 Å². The third kappa shape index (κ3) is 2.08. The van der Waals surface area contributed by atoms with Crippen LogP contribution in [0.25, 0.3) is 21.5 Å². The van der Waals surface area contributed by atoms with Crippen LogP contribution in [0, 0.1) is 5.82 Å². The van der Waals surface area contributed by atoms with Crippen LogP contribution in [-0.2, 0) is 0 Å². The fourth-order valence-corrected chi connectivity index (χ4v) is 2.74. The predicted molar refractivity (Wildman–Crippen MR) is 105 cm³/mol. The molecule has 0 saturated carbocycles. The zero-order valence-corrected chi connectivity index (χ0v) is 12.1. The summed E-state index contributed by atoms with van der Waals surface area (Å²) in [6.07, 6.45) is 0. The SMILES string of the molecule is [B]c1c([B])c([B])c2c(F)c3c([B])c([B])c([B])c([B])c3cc2c1[B]. The van der Waals surface area contributed by atoms with Crippen LogP contribution in [0.5, 0.6) is 0 Å². The Hall–Kier alpha value is -1.37. The molecule has 0 atom stereocenters. The molecule has 0 nitrogen and oxygen atoms in total. The summed E-state index contributed by atoms with van der Waals surface area (Å²) in [7, 11) is 46.9. The van der Waals surface area contributed by atoms with Crippen molar-refractivity contribution >= 4 is 128 Å². The first-order valence-corrected chi connectivity index (χ1v) is 6.58. The minimum atomic E-state index is -0.732. The first kappa shape index (κ1) is 16.5. The summed E-state index contributed by atoms with van der Waals surface area (Å²) in [6.45, 7) is 0. The number of hydrogen-bond acceptors (Lipinski definition) is 0. The van der Waals surface area contributed by atoms with Crippen molar-refractivity contribution in [2.45, 2.75) is 0 Å². The van der Waals surface area contributed by atoms with Gasteiger partial charge in [-0.1, -0.05) is 21.9 Å². The average molecular weight is 275 g/mol. The van der Waals surface area contributed by atoms with E-state index in [1.54, 1.807) is 0 Å². The second-order valence-corrected chi connectivity index (χ2v) is 5.35. The second kappa shape index (κ2) is 5.33. The Morgan fingerprint density at radius 1 is 0.478 bits per heavy atom. The van der Waals surface area contributed by atoms with Crippen LogP contribution in [0.1, 0.15) is 0 Å². The highest BCUT2D eigenvalue weighted by Gasteiger charge is 2.18. The van der Waals surface area contributed by atoms with Gasteiger partial charge in [0.05, 0.1) is 0 Å². The molecule has 0 aliphatic heterocycles. The Labute approximate surface area is 144 Å². The molecule has 88 valence electrons. The molecule has 0 bridgehead atoms. The lowest BCUT2D eigenvalue weighted by Gasteiger charge is -2.22. The molecular weight excluding hydrogens is 274 g/mol. The van der Waals surface area contributed by atoms with Crippen molar-refractivity contribution < 1.29 is 4.39 Å². The van der Waals surface area contributed by atoms with Gasteiger partial charge in [0.15, 0.2) is 0 Å². The molecule has 0 spiro atoms. The lowest BCUT2D eigenvalue weighted by Crippen LogP contribution is -2.49. The van der Waals surface area contributed by atoms with E-state index in [0.29, 0.717) is 0 Å². The van der Waals surface area contributed by atoms with Crippen LogP contribution in [0.4, 0.5) is 4.39 Å². The highest BCUT2D eigenvalue weighted by molar-refractivity contribution is 6.69. The highest BCUT2D eigenvalue weighted by atomic mass is 19.1. The molecule has 0 fully saturated rings. The number of fused-ring (bicyclic) bond motifs is 2. The summed E-state index contributed by atoms with van der Waals surface area (Å²) in [5.74, 6) is -0.732. The van der Waals surface area contributed by atoms with Gasteiger partial charge in [0.2, 0.25) is 0 Å². The largest absolute Gasteiger partial charge is 0.206 e. The summed E-state index contributed by atoms with van der Waals surface area (Å²) in [5.41, 5.74) is 0.291. The fraction of sp³-hybridized carbons (Fsp3) is 0. The van der Waals surface area contributed by atoms with E-state index < -0.39 is 5.82 Å². The molecule has 0 aliphatic carbocycles. The van der Waals surface area contributed by atoms with E-state index in [4.69, 9.17) is 62.8 Å². The van der Waals surface area contributed by atoms with Crippen LogP contribution < -0.4 is 43.7 Å². The van der Waals surface area contributed by atoms with Crippen molar-refractivity contribution in [3.63, 3.8) is 0 Å². The monoisotopic (exact) mass is 276 g/mol. The summed E-state index contributed by atoms with van der Waals surface area (Å²) >= 11 is 0. The summed E-state index contributed by atoms with van der Waals surface area (Å²) in [5, 5.41) is 0.567. The number of benzene rings is 3. The van der Waals surface area contributed by atoms with Crippen LogP contribution >= 0.6 is 0 Å². The van der Waals surface area contributed by atoms with Gasteiger partial charge in [-0.15, -0.1) is 21.9 Å². The Kier molecular flexibility index (Phi) is 3.82. The van der Waals surface area contributed by atoms with Crippen molar-refractivity contribution in [1.29, 1.82) is 0 Å². The normalized spacial score (nSPS) is 11.3. The van der Waals surface area contributed by atoms with Crippen molar-refractivity contribution in [3.05, 3.63) is 11.9 Å². The maximum Gasteiger partial charge on any atom is 0.137 e. The molecule has 3 aromatic rings. The predicted octanol–water partition coefficient (Wildman–Crippen LogP) is -5.52. The zero-order chi connectivity index (χ0) is 17.2. The van der Waals surface area contributed by atoms with Gasteiger partial charge in [-0.25, -0.2) is 4.39 Å². The summed E-state index contributed by atoms with van der Waals surface area (Å²) in [4.78, 5) is 0. The van der Waals surface area contributed by atoms with Gasteiger partial charge in [0.1, 0.15) is 68.6 Å². The fourth-order valence-electron chi connectivity index (χ4n) is 2.74. The van der Waals surface area contributed by atoms with E-state index in [1.807, 2.05) is 0 Å². The standard InChI is InChI=1S/C14HB8F/c15-6-2-1-3-5(9(18)13(22)11(20)7(3)16)14(23)4(2)8(17)12(21)10(6)19/h1H. The van der Waals surface area contributed by atoms with Crippen LogP contribution in [0.15, 0.2) is 6.07 Å². The minimum Gasteiger partial charge on any atom is -0.206 e. The Morgan fingerprint density at radius 2 is 0.783 bits per heavy atom. The molecule has 3 rings (SSSR count). The van der Waals surface area contributed by atoms with Gasteiger partial charge < -0.3 is 0 Å². The second-order valence-electron chi connectivity index (χ2n) is 5.35. The molecule has 0 aliphatic rings. The van der Waals surface area contributed by atoms with E-state index >= 15 is 4.39 Å².